The quantitative estimate of drug-likeness (QED) is 0.0425. The van der Waals surface area contributed by atoms with Gasteiger partial charge in [0.15, 0.2) is 0 Å². The summed E-state index contributed by atoms with van der Waals surface area (Å²) in [5.74, 6) is -8.02. The van der Waals surface area contributed by atoms with E-state index in [-0.39, 0.29) is 110 Å². The number of carboxylic acids is 8. The Bertz CT molecular complexity index is 2540. The smallest absolute Gasteiger partial charge is 0.326 e. The molecule has 3 heterocycles. The van der Waals surface area contributed by atoms with Gasteiger partial charge >= 0.3 is 53.8 Å². The standard InChI is InChI=1S/C55H85N13O18/c69-43(56-21-7-5-10-41(50(82)83)59-55(86)60-42(51(84)85)17-18-45(72)73)11-4-2-1-3-6-22-57-52-61-53(63-54(62-52)67-23-19-37(20-24-67)9-8-12-44(70)71)58-39-15-13-38(14-16-39)31-40-32-66(35-48(78)79)28-27-64(33-46(74)75)25-26-65(34-47(76)77)29-30-68(40)36-49(80)81/h13-16,37,40-42H,1-12,17-36H2,(H,56,69)(H,70,71)(H,72,73)(H,74,75)(H,76,77)(H,78,79)(H,80,81)(H,82,83)(H,84,85)(H2,59,60,86)(H2,57,58,61,62,63)/t40?,41-,42-/m0/s1. The van der Waals surface area contributed by atoms with Gasteiger partial charge in [-0.15, -0.1) is 0 Å². The molecule has 0 spiro atoms. The molecule has 1 unspecified atom stereocenters. The lowest BCUT2D eigenvalue weighted by Gasteiger charge is -2.37. The van der Waals surface area contributed by atoms with E-state index in [1.54, 1.807) is 19.6 Å². The predicted octanol–water partition coefficient (Wildman–Crippen LogP) is 1.67. The van der Waals surface area contributed by atoms with Crippen molar-refractivity contribution in [1.82, 2.24) is 50.5 Å². The zero-order valence-electron chi connectivity index (χ0n) is 48.5. The van der Waals surface area contributed by atoms with E-state index in [9.17, 15) is 78.6 Å². The summed E-state index contributed by atoms with van der Waals surface area (Å²) < 4.78 is 0. The second-order valence-corrected chi connectivity index (χ2v) is 21.6. The van der Waals surface area contributed by atoms with Gasteiger partial charge in [-0.3, -0.25) is 53.2 Å². The maximum absolute atomic E-state index is 12.5. The van der Waals surface area contributed by atoms with E-state index < -0.39 is 84.9 Å². The van der Waals surface area contributed by atoms with Gasteiger partial charge in [-0.05, 0) is 94.2 Å². The Labute approximate surface area is 497 Å². The first-order valence-corrected chi connectivity index (χ1v) is 29.1. The van der Waals surface area contributed by atoms with Crippen molar-refractivity contribution < 1.29 is 88.8 Å². The summed E-state index contributed by atoms with van der Waals surface area (Å²) in [6, 6.07) is 2.85. The molecule has 2 aliphatic rings. The van der Waals surface area contributed by atoms with Gasteiger partial charge in [-0.2, -0.15) is 15.0 Å². The van der Waals surface area contributed by atoms with Crippen LogP contribution >= 0.6 is 0 Å². The minimum Gasteiger partial charge on any atom is -0.481 e. The van der Waals surface area contributed by atoms with Crippen LogP contribution in [0.2, 0.25) is 0 Å². The van der Waals surface area contributed by atoms with Gasteiger partial charge in [0.2, 0.25) is 23.8 Å². The molecule has 2 saturated heterocycles. The van der Waals surface area contributed by atoms with Gasteiger partial charge in [0.25, 0.3) is 0 Å². The van der Waals surface area contributed by atoms with Crippen molar-refractivity contribution >= 4 is 83.2 Å². The fraction of sp³-hybridized carbons (Fsp3) is 0.655. The third-order valence-electron chi connectivity index (χ3n) is 14.7. The second-order valence-electron chi connectivity index (χ2n) is 21.6. The number of nitrogens with one attached hydrogen (secondary N) is 5. The van der Waals surface area contributed by atoms with Crippen LogP contribution < -0.4 is 31.5 Å². The van der Waals surface area contributed by atoms with Crippen molar-refractivity contribution in [1.29, 1.82) is 0 Å². The third kappa shape index (κ3) is 29.2. The summed E-state index contributed by atoms with van der Waals surface area (Å²) in [4.78, 5) is 141. The molecule has 31 nitrogen and oxygen atoms in total. The van der Waals surface area contributed by atoms with Crippen LogP contribution in [0.5, 0.6) is 0 Å². The molecule has 0 radical (unpaired) electrons. The van der Waals surface area contributed by atoms with Gasteiger partial charge < -0.3 is 72.3 Å². The average molecular weight is 1220 g/mol. The predicted molar refractivity (Wildman–Crippen MR) is 309 cm³/mol. The summed E-state index contributed by atoms with van der Waals surface area (Å²) in [6.07, 6.45) is 7.53. The molecule has 86 heavy (non-hydrogen) atoms. The van der Waals surface area contributed by atoms with Gasteiger partial charge in [-0.25, -0.2) is 14.4 Å². The number of rotatable bonds is 38. The van der Waals surface area contributed by atoms with Crippen molar-refractivity contribution in [3.8, 4) is 0 Å². The molecule has 31 heteroatoms. The maximum atomic E-state index is 12.5. The molecule has 2 aliphatic heterocycles. The number of unbranched alkanes of at least 4 members (excludes halogenated alkanes) is 5. The number of aliphatic carboxylic acids is 8. The Morgan fingerprint density at radius 3 is 1.64 bits per heavy atom. The minimum atomic E-state index is -1.52. The number of benzene rings is 1. The first-order chi connectivity index (χ1) is 41.0. The van der Waals surface area contributed by atoms with Crippen LogP contribution in [0.25, 0.3) is 0 Å². The van der Waals surface area contributed by atoms with E-state index in [4.69, 9.17) is 20.2 Å². The SMILES string of the molecule is O=C(O)CCCC1CCN(c2nc(NCCCCCCCC(=O)NCCCC[C@H](NC(=O)N[C@@H](CCC(=O)O)C(=O)O)C(=O)O)nc(Nc3ccc(CC4CN(CC(=O)O)CCN(CC(=O)O)CCN(CC(=O)O)CCN4CC(=O)O)cc3)n2)CC1. The molecule has 1 aromatic heterocycles. The number of piperidine rings is 1. The molecular formula is C55H85N13O18. The summed E-state index contributed by atoms with van der Waals surface area (Å²) >= 11 is 0. The average Bonchev–Trinajstić information content (AvgIpc) is 3.64. The van der Waals surface area contributed by atoms with E-state index in [0.29, 0.717) is 75.2 Å². The number of carboxylic acid groups (broad SMARTS) is 8. The van der Waals surface area contributed by atoms with Crippen molar-refractivity contribution in [3.63, 3.8) is 0 Å². The molecule has 3 atom stereocenters. The van der Waals surface area contributed by atoms with Gasteiger partial charge in [-0.1, -0.05) is 31.4 Å². The Kier molecular flexibility index (Phi) is 31.2. The van der Waals surface area contributed by atoms with Crippen LogP contribution in [0.15, 0.2) is 24.3 Å². The number of anilines is 4. The normalized spacial score (nSPS) is 16.7. The molecule has 0 bridgehead atoms. The Morgan fingerprint density at radius 1 is 0.512 bits per heavy atom. The Morgan fingerprint density at radius 2 is 1.05 bits per heavy atom. The molecule has 3 amide bonds. The van der Waals surface area contributed by atoms with E-state index in [1.807, 2.05) is 24.3 Å². The number of aromatic nitrogens is 3. The van der Waals surface area contributed by atoms with Crippen LogP contribution in [-0.2, 0) is 49.6 Å². The highest BCUT2D eigenvalue weighted by atomic mass is 16.4. The number of hydrogen-bond acceptors (Lipinski definition) is 20. The molecule has 0 aliphatic carbocycles. The van der Waals surface area contributed by atoms with Gasteiger partial charge in [0.05, 0.1) is 26.2 Å². The van der Waals surface area contributed by atoms with Crippen LogP contribution in [0, 0.1) is 5.92 Å². The van der Waals surface area contributed by atoms with E-state index >= 15 is 0 Å². The topological polar surface area (TPSA) is 448 Å². The molecule has 1 aromatic carbocycles. The minimum absolute atomic E-state index is 0.00634. The van der Waals surface area contributed by atoms with Gasteiger partial charge in [0, 0.05) is 103 Å². The fourth-order valence-electron chi connectivity index (χ4n) is 10.2. The summed E-state index contributed by atoms with van der Waals surface area (Å²) in [7, 11) is 0. The molecule has 2 aromatic rings. The van der Waals surface area contributed by atoms with Crippen LogP contribution in [0.3, 0.4) is 0 Å². The largest absolute Gasteiger partial charge is 0.481 e. The van der Waals surface area contributed by atoms with Crippen molar-refractivity contribution in [3.05, 3.63) is 29.8 Å². The summed E-state index contributed by atoms with van der Waals surface area (Å²) in [5.41, 5.74) is 1.41. The molecule has 478 valence electrons. The summed E-state index contributed by atoms with van der Waals surface area (Å²) in [6.45, 7) is 1.77. The number of hydrogen-bond donors (Lipinski definition) is 13. The zero-order chi connectivity index (χ0) is 63.0. The number of nitrogens with zero attached hydrogens (tertiary/aromatic N) is 8. The highest BCUT2D eigenvalue weighted by molar-refractivity contribution is 5.86. The van der Waals surface area contributed by atoms with Crippen molar-refractivity contribution in [2.75, 3.05) is 114 Å². The number of amides is 3. The van der Waals surface area contributed by atoms with E-state index in [1.165, 1.54) is 0 Å². The first-order valence-electron chi connectivity index (χ1n) is 29.1. The Hall–Kier alpha value is -8.03. The Balaban J connectivity index is 1.34. The molecular weight excluding hydrogens is 1130 g/mol. The lowest BCUT2D eigenvalue weighted by atomic mass is 9.92. The molecule has 0 saturated carbocycles. The molecule has 4 rings (SSSR count). The third-order valence-corrected chi connectivity index (χ3v) is 14.7. The van der Waals surface area contributed by atoms with E-state index in [2.05, 4.69) is 36.5 Å². The fourth-order valence-corrected chi connectivity index (χ4v) is 10.2. The molecule has 13 N–H and O–H groups in total. The number of carbonyl (C=O) groups is 10. The zero-order valence-corrected chi connectivity index (χ0v) is 48.5. The van der Waals surface area contributed by atoms with E-state index in [0.717, 1.165) is 50.5 Å². The van der Waals surface area contributed by atoms with Crippen LogP contribution in [0.4, 0.5) is 28.3 Å². The highest BCUT2D eigenvalue weighted by Gasteiger charge is 2.29. The summed E-state index contributed by atoms with van der Waals surface area (Å²) in [5, 5.41) is 89.6. The number of carbonyl (C=O) groups excluding carboxylic acids is 2. The van der Waals surface area contributed by atoms with Crippen molar-refractivity contribution in [2.45, 2.75) is 127 Å². The number of urea groups is 1. The maximum Gasteiger partial charge on any atom is 0.326 e. The van der Waals surface area contributed by atoms with Crippen molar-refractivity contribution in [2.24, 2.45) is 5.92 Å². The van der Waals surface area contributed by atoms with Gasteiger partial charge in [0.1, 0.15) is 12.1 Å². The first kappa shape index (κ1) is 70.5. The van der Waals surface area contributed by atoms with Crippen LogP contribution in [0.1, 0.15) is 108 Å². The second kappa shape index (κ2) is 38.1. The monoisotopic (exact) mass is 1220 g/mol. The highest BCUT2D eigenvalue weighted by Crippen LogP contribution is 2.27. The lowest BCUT2D eigenvalue weighted by molar-refractivity contribution is -0.142. The van der Waals surface area contributed by atoms with Crippen LogP contribution in [-0.4, -0.2) is 251 Å². The lowest BCUT2D eigenvalue weighted by Crippen LogP contribution is -2.53. The molecule has 2 fully saturated rings.